The van der Waals surface area contributed by atoms with E-state index in [0.29, 0.717) is 6.42 Å². The summed E-state index contributed by atoms with van der Waals surface area (Å²) in [6, 6.07) is 12.9. The lowest BCUT2D eigenvalue weighted by Gasteiger charge is -2.22. The zero-order valence-corrected chi connectivity index (χ0v) is 18.7. The summed E-state index contributed by atoms with van der Waals surface area (Å²) in [7, 11) is 0. The highest BCUT2D eigenvalue weighted by Crippen LogP contribution is 2.44. The predicted octanol–water partition coefficient (Wildman–Crippen LogP) is 4.07. The number of hydrogen-bond acceptors (Lipinski definition) is 4. The molecule has 0 bridgehead atoms. The molecule has 1 saturated carbocycles. The number of hydrogen-bond donors (Lipinski definition) is 3. The van der Waals surface area contributed by atoms with Gasteiger partial charge in [0.2, 0.25) is 5.91 Å². The largest absolute Gasteiger partial charge is 0.481 e. The number of fused-ring (bicyclic) bond motifs is 3. The molecule has 2 aromatic carbocycles. The van der Waals surface area contributed by atoms with Gasteiger partial charge in [0.15, 0.2) is 0 Å². The van der Waals surface area contributed by atoms with E-state index in [-0.39, 0.29) is 25.0 Å². The molecule has 3 N–H and O–H groups in total. The SMILES string of the molecule is O=C(CC[C@H](NC(=O)OCC1c2ccccc2-c2ccccc21)C(F)(F)F)NC[C@@H]1C[C@@H]1C(=O)O. The van der Waals surface area contributed by atoms with Crippen molar-refractivity contribution >= 4 is 18.0 Å². The van der Waals surface area contributed by atoms with Crippen molar-refractivity contribution in [1.82, 2.24) is 10.6 Å². The number of benzene rings is 2. The van der Waals surface area contributed by atoms with Crippen LogP contribution in [0.15, 0.2) is 48.5 Å². The van der Waals surface area contributed by atoms with Crippen LogP contribution in [0.4, 0.5) is 18.0 Å². The number of carboxylic acids is 1. The van der Waals surface area contributed by atoms with Crippen molar-refractivity contribution < 1.29 is 37.4 Å². The summed E-state index contributed by atoms with van der Waals surface area (Å²) in [5.74, 6) is -2.60. The van der Waals surface area contributed by atoms with Gasteiger partial charge in [0, 0.05) is 18.9 Å². The van der Waals surface area contributed by atoms with Crippen LogP contribution in [0, 0.1) is 11.8 Å². The fourth-order valence-electron chi connectivity index (χ4n) is 4.48. The lowest BCUT2D eigenvalue weighted by Crippen LogP contribution is -2.46. The maximum absolute atomic E-state index is 13.5. The smallest absolute Gasteiger partial charge is 0.408 e. The number of carboxylic acid groups (broad SMARTS) is 1. The van der Waals surface area contributed by atoms with Gasteiger partial charge in [-0.2, -0.15) is 13.2 Å². The number of halogens is 3. The van der Waals surface area contributed by atoms with Crippen molar-refractivity contribution in [3.8, 4) is 11.1 Å². The molecule has 0 saturated heterocycles. The monoisotopic (exact) mass is 490 g/mol. The molecule has 0 aromatic heterocycles. The summed E-state index contributed by atoms with van der Waals surface area (Å²) < 4.78 is 45.6. The minimum Gasteiger partial charge on any atom is -0.481 e. The van der Waals surface area contributed by atoms with E-state index in [1.165, 1.54) is 0 Å². The number of ether oxygens (including phenoxy) is 1. The predicted molar refractivity (Wildman–Crippen MR) is 120 cm³/mol. The standard InChI is InChI=1S/C25H25F3N2O5/c26-25(27,28)21(9-10-22(31)29-12-14-11-19(14)23(32)33)30-24(34)35-13-20-17-7-3-1-5-15(17)16-6-2-4-8-18(16)20/h1-8,14,19-21H,9-13H2,(H,29,31)(H,30,34)(H,32,33)/t14-,19-,21-/m0/s1. The Labute approximate surface area is 199 Å². The molecule has 0 radical (unpaired) electrons. The van der Waals surface area contributed by atoms with Crippen LogP contribution in [0.5, 0.6) is 0 Å². The Hall–Kier alpha value is -3.56. The van der Waals surface area contributed by atoms with Crippen LogP contribution in [0.25, 0.3) is 11.1 Å². The van der Waals surface area contributed by atoms with Crippen LogP contribution in [0.3, 0.4) is 0 Å². The minimum absolute atomic E-state index is 0.103. The Morgan fingerprint density at radius 2 is 1.63 bits per heavy atom. The molecular weight excluding hydrogens is 465 g/mol. The second-order valence-electron chi connectivity index (χ2n) is 8.85. The molecule has 0 unspecified atom stereocenters. The molecule has 4 rings (SSSR count). The van der Waals surface area contributed by atoms with Gasteiger partial charge >= 0.3 is 18.2 Å². The first kappa shape index (κ1) is 24.6. The zero-order valence-electron chi connectivity index (χ0n) is 18.7. The van der Waals surface area contributed by atoms with E-state index in [1.807, 2.05) is 53.8 Å². The summed E-state index contributed by atoms with van der Waals surface area (Å²) in [6.45, 7) is -0.0245. The van der Waals surface area contributed by atoms with Gasteiger partial charge in [-0.3, -0.25) is 9.59 Å². The second-order valence-corrected chi connectivity index (χ2v) is 8.85. The van der Waals surface area contributed by atoms with Crippen molar-refractivity contribution in [1.29, 1.82) is 0 Å². The second kappa shape index (κ2) is 9.97. The van der Waals surface area contributed by atoms with Gasteiger partial charge in [-0.15, -0.1) is 0 Å². The highest BCUT2D eigenvalue weighted by atomic mass is 19.4. The van der Waals surface area contributed by atoms with Crippen molar-refractivity contribution in [2.24, 2.45) is 11.8 Å². The Morgan fingerprint density at radius 1 is 1.03 bits per heavy atom. The van der Waals surface area contributed by atoms with Crippen LogP contribution >= 0.6 is 0 Å². The van der Waals surface area contributed by atoms with Crippen molar-refractivity contribution in [2.45, 2.75) is 37.4 Å². The molecule has 7 nitrogen and oxygen atoms in total. The molecule has 2 amide bonds. The van der Waals surface area contributed by atoms with Crippen molar-refractivity contribution in [3.63, 3.8) is 0 Å². The molecule has 0 aliphatic heterocycles. The number of aliphatic carboxylic acids is 1. The summed E-state index contributed by atoms with van der Waals surface area (Å²) in [5, 5.41) is 13.2. The lowest BCUT2D eigenvalue weighted by molar-refractivity contribution is -0.156. The third kappa shape index (κ3) is 5.75. The Morgan fingerprint density at radius 3 is 2.17 bits per heavy atom. The molecular formula is C25H25F3N2O5. The molecule has 0 heterocycles. The first-order chi connectivity index (χ1) is 16.6. The van der Waals surface area contributed by atoms with E-state index in [2.05, 4.69) is 5.32 Å². The number of alkyl halides is 3. The lowest BCUT2D eigenvalue weighted by atomic mass is 9.98. The maximum atomic E-state index is 13.5. The average Bonchev–Trinajstić information content (AvgIpc) is 3.54. The van der Waals surface area contributed by atoms with Crippen LogP contribution in [-0.4, -0.2) is 48.4 Å². The van der Waals surface area contributed by atoms with Gasteiger partial charge in [0.1, 0.15) is 12.6 Å². The first-order valence-corrected chi connectivity index (χ1v) is 11.3. The topological polar surface area (TPSA) is 105 Å². The quantitative estimate of drug-likeness (QED) is 0.492. The van der Waals surface area contributed by atoms with Gasteiger partial charge in [-0.25, -0.2) is 4.79 Å². The van der Waals surface area contributed by atoms with E-state index >= 15 is 0 Å². The maximum Gasteiger partial charge on any atom is 0.408 e. The van der Waals surface area contributed by atoms with E-state index < -0.39 is 48.9 Å². The molecule has 3 atom stereocenters. The van der Waals surface area contributed by atoms with Crippen LogP contribution < -0.4 is 10.6 Å². The number of nitrogens with one attached hydrogen (secondary N) is 2. The van der Waals surface area contributed by atoms with Crippen LogP contribution in [0.2, 0.25) is 0 Å². The molecule has 10 heteroatoms. The van der Waals surface area contributed by atoms with Gasteiger partial charge in [-0.05, 0) is 41.0 Å². The Kier molecular flexibility index (Phi) is 7.00. The van der Waals surface area contributed by atoms with Gasteiger partial charge in [-0.1, -0.05) is 48.5 Å². The minimum atomic E-state index is -4.77. The fraction of sp³-hybridized carbons (Fsp3) is 0.400. The third-order valence-electron chi connectivity index (χ3n) is 6.49. The summed E-state index contributed by atoms with van der Waals surface area (Å²) in [5.41, 5.74) is 3.87. The summed E-state index contributed by atoms with van der Waals surface area (Å²) in [6.07, 6.45) is -6.68. The number of amides is 2. The molecule has 0 spiro atoms. The summed E-state index contributed by atoms with van der Waals surface area (Å²) in [4.78, 5) is 35.0. The molecule has 35 heavy (non-hydrogen) atoms. The fourth-order valence-corrected chi connectivity index (χ4v) is 4.48. The highest BCUT2D eigenvalue weighted by molar-refractivity contribution is 5.79. The number of rotatable bonds is 9. The van der Waals surface area contributed by atoms with Crippen LogP contribution in [-0.2, 0) is 14.3 Å². The molecule has 2 aliphatic rings. The number of alkyl carbamates (subject to hydrolysis) is 1. The van der Waals surface area contributed by atoms with Crippen molar-refractivity contribution in [2.75, 3.05) is 13.2 Å². The first-order valence-electron chi connectivity index (χ1n) is 11.3. The summed E-state index contributed by atoms with van der Waals surface area (Å²) >= 11 is 0. The number of carbonyl (C=O) groups excluding carboxylic acids is 2. The van der Waals surface area contributed by atoms with Crippen LogP contribution in [0.1, 0.15) is 36.3 Å². The Bertz CT molecular complexity index is 1070. The van der Waals surface area contributed by atoms with Gasteiger partial charge < -0.3 is 20.5 Å². The van der Waals surface area contributed by atoms with E-state index in [9.17, 15) is 27.6 Å². The molecule has 2 aromatic rings. The molecule has 186 valence electrons. The Balaban J connectivity index is 1.29. The van der Waals surface area contributed by atoms with E-state index in [4.69, 9.17) is 9.84 Å². The van der Waals surface area contributed by atoms with E-state index in [0.717, 1.165) is 22.3 Å². The van der Waals surface area contributed by atoms with Gasteiger partial charge in [0.25, 0.3) is 0 Å². The normalized spacial score (nSPS) is 19.3. The highest BCUT2D eigenvalue weighted by Gasteiger charge is 2.43. The molecule has 1 fully saturated rings. The van der Waals surface area contributed by atoms with E-state index in [1.54, 1.807) is 0 Å². The van der Waals surface area contributed by atoms with Gasteiger partial charge in [0.05, 0.1) is 5.92 Å². The van der Waals surface area contributed by atoms with Crippen molar-refractivity contribution in [3.05, 3.63) is 59.7 Å². The molecule has 2 aliphatic carbocycles. The number of carbonyl (C=O) groups is 3. The zero-order chi connectivity index (χ0) is 25.2. The third-order valence-corrected chi connectivity index (χ3v) is 6.49. The average molecular weight is 490 g/mol.